The average molecular weight is 367 g/mol. The summed E-state index contributed by atoms with van der Waals surface area (Å²) in [6.45, 7) is 0.630. The van der Waals surface area contributed by atoms with Gasteiger partial charge in [0.2, 0.25) is 5.91 Å². The van der Waals surface area contributed by atoms with Crippen LogP contribution in [0.5, 0.6) is 5.75 Å². The Hall–Kier alpha value is -1.47. The van der Waals surface area contributed by atoms with E-state index in [0.29, 0.717) is 6.54 Å². The van der Waals surface area contributed by atoms with Crippen LogP contribution in [0.3, 0.4) is 0 Å². The lowest BCUT2D eigenvalue weighted by molar-refractivity contribution is -0.139. The van der Waals surface area contributed by atoms with Crippen LogP contribution in [0.4, 0.5) is 13.2 Å². The molecule has 0 aromatic heterocycles. The highest BCUT2D eigenvalue weighted by atomic mass is 35.5. The fourth-order valence-corrected chi connectivity index (χ4v) is 2.96. The molecule has 1 aliphatic carbocycles. The molecule has 1 aromatic rings. The van der Waals surface area contributed by atoms with E-state index in [0.717, 1.165) is 25.3 Å². The minimum atomic E-state index is -4.46. The summed E-state index contributed by atoms with van der Waals surface area (Å²) in [5.41, 5.74) is 4.82. The molecule has 0 spiro atoms. The van der Waals surface area contributed by atoms with Crippen molar-refractivity contribution in [3.05, 3.63) is 29.8 Å². The first kappa shape index (κ1) is 20.6. The van der Waals surface area contributed by atoms with Crippen molar-refractivity contribution >= 4 is 18.3 Å². The summed E-state index contributed by atoms with van der Waals surface area (Å²) in [6, 6.07) is 5.03. The number of halogens is 4. The van der Waals surface area contributed by atoms with E-state index >= 15 is 0 Å². The third-order valence-electron chi connectivity index (χ3n) is 4.15. The number of ether oxygens (including phenoxy) is 1. The van der Waals surface area contributed by atoms with Gasteiger partial charge in [0.25, 0.3) is 0 Å². The van der Waals surface area contributed by atoms with Gasteiger partial charge in [0, 0.05) is 5.92 Å². The Balaban J connectivity index is 0.00000288. The second-order valence-electron chi connectivity index (χ2n) is 5.67. The average Bonchev–Trinajstić information content (AvgIpc) is 2.99. The first-order valence-corrected chi connectivity index (χ1v) is 7.70. The highest BCUT2D eigenvalue weighted by Crippen LogP contribution is 2.35. The molecule has 1 saturated carbocycles. The van der Waals surface area contributed by atoms with Crippen LogP contribution in [0.25, 0.3) is 0 Å². The normalized spacial score (nSPS) is 20.3. The second-order valence-corrected chi connectivity index (χ2v) is 5.67. The van der Waals surface area contributed by atoms with Crippen molar-refractivity contribution in [2.24, 2.45) is 17.6 Å². The van der Waals surface area contributed by atoms with Gasteiger partial charge in [-0.3, -0.25) is 4.79 Å². The van der Waals surface area contributed by atoms with E-state index in [2.05, 4.69) is 5.32 Å². The standard InChI is InChI=1S/C16H21F3N2O2.ClH/c17-16(18,19)13-6-1-2-7-14(13)23-9-8-21-15(22)12-5-3-4-11(12)10-20;/h1-2,6-7,11-12H,3-5,8-10,20H2,(H,21,22);1H/t11-,12-;/m1./s1. The molecular formula is C16H22ClF3N2O2. The molecule has 2 rings (SSSR count). The molecular weight excluding hydrogens is 345 g/mol. The third-order valence-corrected chi connectivity index (χ3v) is 4.15. The molecule has 0 saturated heterocycles. The molecule has 4 nitrogen and oxygen atoms in total. The summed E-state index contributed by atoms with van der Waals surface area (Å²) in [5, 5.41) is 2.72. The molecule has 2 atom stereocenters. The minimum Gasteiger partial charge on any atom is -0.491 e. The van der Waals surface area contributed by atoms with E-state index < -0.39 is 11.7 Å². The van der Waals surface area contributed by atoms with Crippen LogP contribution in [0.1, 0.15) is 24.8 Å². The Morgan fingerprint density at radius 2 is 2.00 bits per heavy atom. The van der Waals surface area contributed by atoms with Crippen molar-refractivity contribution in [2.45, 2.75) is 25.4 Å². The van der Waals surface area contributed by atoms with Crippen LogP contribution < -0.4 is 15.8 Å². The van der Waals surface area contributed by atoms with Crippen molar-refractivity contribution in [3.63, 3.8) is 0 Å². The second kappa shape index (κ2) is 9.13. The van der Waals surface area contributed by atoms with Gasteiger partial charge in [0.15, 0.2) is 0 Å². The van der Waals surface area contributed by atoms with Crippen LogP contribution >= 0.6 is 12.4 Å². The Morgan fingerprint density at radius 3 is 2.67 bits per heavy atom. The summed E-state index contributed by atoms with van der Waals surface area (Å²) < 4.78 is 43.6. The van der Waals surface area contributed by atoms with Gasteiger partial charge in [-0.1, -0.05) is 18.6 Å². The predicted molar refractivity (Wildman–Crippen MR) is 87.1 cm³/mol. The summed E-state index contributed by atoms with van der Waals surface area (Å²) in [4.78, 5) is 12.0. The molecule has 0 radical (unpaired) electrons. The number of para-hydroxylation sites is 1. The first-order chi connectivity index (χ1) is 10.9. The van der Waals surface area contributed by atoms with Gasteiger partial charge in [-0.2, -0.15) is 13.2 Å². The topological polar surface area (TPSA) is 64.4 Å². The molecule has 0 aliphatic heterocycles. The van der Waals surface area contributed by atoms with Crippen LogP contribution in [-0.2, 0) is 11.0 Å². The Morgan fingerprint density at radius 1 is 1.29 bits per heavy atom. The van der Waals surface area contributed by atoms with Crippen LogP contribution in [-0.4, -0.2) is 25.6 Å². The highest BCUT2D eigenvalue weighted by Gasteiger charge is 2.34. The smallest absolute Gasteiger partial charge is 0.419 e. The number of alkyl halides is 3. The quantitative estimate of drug-likeness (QED) is 0.761. The number of carbonyl (C=O) groups excluding carboxylic acids is 1. The third kappa shape index (κ3) is 5.27. The van der Waals surface area contributed by atoms with E-state index in [4.69, 9.17) is 10.5 Å². The van der Waals surface area contributed by atoms with E-state index in [-0.39, 0.29) is 49.1 Å². The number of amides is 1. The molecule has 1 fully saturated rings. The molecule has 24 heavy (non-hydrogen) atoms. The molecule has 136 valence electrons. The van der Waals surface area contributed by atoms with Crippen LogP contribution in [0.15, 0.2) is 24.3 Å². The number of rotatable bonds is 6. The number of benzene rings is 1. The molecule has 0 heterocycles. The molecule has 8 heteroatoms. The lowest BCUT2D eigenvalue weighted by atomic mass is 9.95. The van der Waals surface area contributed by atoms with E-state index in [1.54, 1.807) is 0 Å². The maximum atomic E-state index is 12.8. The molecule has 0 unspecified atom stereocenters. The number of hydrogen-bond donors (Lipinski definition) is 2. The zero-order chi connectivity index (χ0) is 16.9. The van der Waals surface area contributed by atoms with Crippen molar-refractivity contribution in [1.29, 1.82) is 0 Å². The van der Waals surface area contributed by atoms with Gasteiger partial charge in [0.1, 0.15) is 12.4 Å². The van der Waals surface area contributed by atoms with Crippen molar-refractivity contribution in [2.75, 3.05) is 19.7 Å². The van der Waals surface area contributed by atoms with Crippen LogP contribution in [0, 0.1) is 11.8 Å². The molecule has 3 N–H and O–H groups in total. The summed E-state index contributed by atoms with van der Waals surface area (Å²) in [7, 11) is 0. The number of nitrogens with two attached hydrogens (primary N) is 1. The van der Waals surface area contributed by atoms with E-state index in [1.807, 2.05) is 0 Å². The first-order valence-electron chi connectivity index (χ1n) is 7.70. The maximum absolute atomic E-state index is 12.8. The lowest BCUT2D eigenvalue weighted by Gasteiger charge is -2.18. The van der Waals surface area contributed by atoms with Gasteiger partial charge >= 0.3 is 6.18 Å². The lowest BCUT2D eigenvalue weighted by Crippen LogP contribution is -2.37. The predicted octanol–water partition coefficient (Wildman–Crippen LogP) is 3.00. The van der Waals surface area contributed by atoms with Gasteiger partial charge in [0.05, 0.1) is 12.1 Å². The van der Waals surface area contributed by atoms with Crippen molar-refractivity contribution < 1.29 is 22.7 Å². The van der Waals surface area contributed by atoms with Crippen LogP contribution in [0.2, 0.25) is 0 Å². The summed E-state index contributed by atoms with van der Waals surface area (Å²) in [6.07, 6.45) is -1.72. The zero-order valence-corrected chi connectivity index (χ0v) is 14.0. The van der Waals surface area contributed by atoms with Gasteiger partial charge in [-0.15, -0.1) is 12.4 Å². The SMILES string of the molecule is Cl.NC[C@H]1CCC[C@H]1C(=O)NCCOc1ccccc1C(F)(F)F. The highest BCUT2D eigenvalue weighted by molar-refractivity contribution is 5.85. The van der Waals surface area contributed by atoms with Gasteiger partial charge in [-0.25, -0.2) is 0 Å². The molecule has 1 aromatic carbocycles. The molecule has 1 aliphatic rings. The summed E-state index contributed by atoms with van der Waals surface area (Å²) >= 11 is 0. The largest absolute Gasteiger partial charge is 0.491 e. The number of carbonyl (C=O) groups is 1. The maximum Gasteiger partial charge on any atom is 0.419 e. The number of hydrogen-bond acceptors (Lipinski definition) is 3. The fourth-order valence-electron chi connectivity index (χ4n) is 2.96. The molecule has 0 bridgehead atoms. The Kier molecular flexibility index (Phi) is 7.83. The minimum absolute atomic E-state index is 0. The Bertz CT molecular complexity index is 540. The fraction of sp³-hybridized carbons (Fsp3) is 0.562. The zero-order valence-electron chi connectivity index (χ0n) is 13.1. The number of nitrogens with one attached hydrogen (secondary N) is 1. The Labute approximate surface area is 145 Å². The van der Waals surface area contributed by atoms with Crippen molar-refractivity contribution in [1.82, 2.24) is 5.32 Å². The van der Waals surface area contributed by atoms with E-state index in [1.165, 1.54) is 18.2 Å². The molecule has 1 amide bonds. The monoisotopic (exact) mass is 366 g/mol. The van der Waals surface area contributed by atoms with Gasteiger partial charge in [-0.05, 0) is 37.4 Å². The van der Waals surface area contributed by atoms with Crippen molar-refractivity contribution in [3.8, 4) is 5.75 Å². The van der Waals surface area contributed by atoms with E-state index in [9.17, 15) is 18.0 Å². The summed E-state index contributed by atoms with van der Waals surface area (Å²) in [5.74, 6) is -0.218. The van der Waals surface area contributed by atoms with Gasteiger partial charge < -0.3 is 15.8 Å².